The third kappa shape index (κ3) is 4.71. The van der Waals surface area contributed by atoms with Crippen molar-refractivity contribution in [2.75, 3.05) is 30.5 Å². The Balaban J connectivity index is 3.07. The molecule has 106 valence electrons. The molecule has 0 radical (unpaired) electrons. The molecule has 0 saturated heterocycles. The number of sulfone groups is 1. The van der Waals surface area contributed by atoms with E-state index in [1.54, 1.807) is 30.1 Å². The zero-order valence-electron chi connectivity index (χ0n) is 10.7. The quantitative estimate of drug-likeness (QED) is 0.358. The van der Waals surface area contributed by atoms with Gasteiger partial charge >= 0.3 is 0 Å². The maximum atomic E-state index is 11.2. The van der Waals surface area contributed by atoms with Crippen molar-refractivity contribution >= 4 is 37.3 Å². The van der Waals surface area contributed by atoms with Gasteiger partial charge < -0.3 is 15.8 Å². The number of hydrogen-bond acceptors (Lipinski definition) is 5. The molecule has 3 N–H and O–H groups in total. The van der Waals surface area contributed by atoms with Crippen LogP contribution < -0.4 is 10.6 Å². The molecule has 0 aliphatic heterocycles. The predicted molar refractivity (Wildman–Crippen MR) is 79.6 cm³/mol. The first kappa shape index (κ1) is 15.8. The van der Waals surface area contributed by atoms with Crippen LogP contribution in [0.15, 0.2) is 27.8 Å². The summed E-state index contributed by atoms with van der Waals surface area (Å²) in [5, 5.41) is 11.7. The van der Waals surface area contributed by atoms with Gasteiger partial charge in [0.05, 0.1) is 5.75 Å². The molecule has 1 aromatic carbocycles. The largest absolute Gasteiger partial charge is 0.409 e. The molecule has 6 nitrogen and oxygen atoms in total. The van der Waals surface area contributed by atoms with Crippen molar-refractivity contribution in [3.05, 3.63) is 28.2 Å². The van der Waals surface area contributed by atoms with E-state index in [4.69, 9.17) is 10.9 Å². The van der Waals surface area contributed by atoms with E-state index >= 15 is 0 Å². The predicted octanol–water partition coefficient (Wildman–Crippen LogP) is 1.02. The lowest BCUT2D eigenvalue weighted by molar-refractivity contribution is 0.318. The Bertz CT molecular complexity index is 587. The molecular weight excluding hydrogens is 334 g/mol. The van der Waals surface area contributed by atoms with Crippen LogP contribution in [0.2, 0.25) is 0 Å². The van der Waals surface area contributed by atoms with Gasteiger partial charge in [-0.2, -0.15) is 0 Å². The molecule has 1 rings (SSSR count). The molecule has 0 heterocycles. The molecule has 0 bridgehead atoms. The Kier molecular flexibility index (Phi) is 5.19. The minimum Gasteiger partial charge on any atom is -0.409 e. The van der Waals surface area contributed by atoms with E-state index in [-0.39, 0.29) is 11.6 Å². The first-order valence-corrected chi connectivity index (χ1v) is 8.26. The number of benzene rings is 1. The van der Waals surface area contributed by atoms with Crippen molar-refractivity contribution in [3.63, 3.8) is 0 Å². The smallest absolute Gasteiger partial charge is 0.172 e. The molecule has 0 aliphatic rings. The summed E-state index contributed by atoms with van der Waals surface area (Å²) in [7, 11) is -1.29. The number of anilines is 1. The molecule has 0 aliphatic carbocycles. The van der Waals surface area contributed by atoms with Crippen LogP contribution >= 0.6 is 15.9 Å². The Morgan fingerprint density at radius 3 is 2.68 bits per heavy atom. The molecule has 0 fully saturated rings. The van der Waals surface area contributed by atoms with Gasteiger partial charge in [-0.25, -0.2) is 8.42 Å². The van der Waals surface area contributed by atoms with Crippen LogP contribution in [-0.2, 0) is 9.84 Å². The summed E-state index contributed by atoms with van der Waals surface area (Å²) in [6.45, 7) is 0.320. The van der Waals surface area contributed by atoms with Crippen molar-refractivity contribution in [2.24, 2.45) is 10.9 Å². The summed E-state index contributed by atoms with van der Waals surface area (Å²) in [6.07, 6.45) is 1.19. The summed E-state index contributed by atoms with van der Waals surface area (Å²) < 4.78 is 23.2. The molecule has 19 heavy (non-hydrogen) atoms. The second kappa shape index (κ2) is 6.25. The lowest BCUT2D eigenvalue weighted by Crippen LogP contribution is -2.27. The van der Waals surface area contributed by atoms with Crippen LogP contribution in [0.4, 0.5) is 5.69 Å². The fourth-order valence-corrected chi connectivity index (χ4v) is 2.47. The number of nitrogens with zero attached hydrogens (tertiary/aromatic N) is 2. The Morgan fingerprint density at radius 1 is 1.53 bits per heavy atom. The molecule has 8 heteroatoms. The van der Waals surface area contributed by atoms with Gasteiger partial charge in [0, 0.05) is 35.6 Å². The highest BCUT2D eigenvalue weighted by Crippen LogP contribution is 2.24. The molecule has 0 atom stereocenters. The summed E-state index contributed by atoms with van der Waals surface area (Å²) in [5.41, 5.74) is 6.84. The maximum Gasteiger partial charge on any atom is 0.172 e. The summed E-state index contributed by atoms with van der Waals surface area (Å²) in [4.78, 5) is 1.75. The highest BCUT2D eigenvalue weighted by atomic mass is 79.9. The monoisotopic (exact) mass is 349 g/mol. The second-order valence-corrected chi connectivity index (χ2v) is 7.37. The van der Waals surface area contributed by atoms with Gasteiger partial charge in [0.2, 0.25) is 0 Å². The van der Waals surface area contributed by atoms with E-state index in [1.165, 1.54) is 6.26 Å². The van der Waals surface area contributed by atoms with Crippen LogP contribution in [-0.4, -0.2) is 45.1 Å². The fraction of sp³-hybridized carbons (Fsp3) is 0.364. The highest BCUT2D eigenvalue weighted by molar-refractivity contribution is 9.10. The van der Waals surface area contributed by atoms with Gasteiger partial charge in [0.15, 0.2) is 5.84 Å². The lowest BCUT2D eigenvalue weighted by atomic mass is 10.1. The molecular formula is C11H16BrN3O3S. The third-order valence-electron chi connectivity index (χ3n) is 2.55. The van der Waals surface area contributed by atoms with Crippen LogP contribution in [0.5, 0.6) is 0 Å². The number of nitrogens with two attached hydrogens (primary N) is 1. The van der Waals surface area contributed by atoms with Crippen molar-refractivity contribution in [1.82, 2.24) is 0 Å². The van der Waals surface area contributed by atoms with Crippen LogP contribution in [0, 0.1) is 0 Å². The molecule has 0 amide bonds. The molecule has 0 unspecified atom stereocenters. The normalized spacial score (nSPS) is 12.5. The minimum absolute atomic E-state index is 0.0197. The SMILES string of the molecule is CN(CCS(C)(=O)=O)c1cc(Br)ccc1/C(N)=N/O. The third-order valence-corrected chi connectivity index (χ3v) is 3.97. The fourth-order valence-electron chi connectivity index (χ4n) is 1.51. The molecule has 0 spiro atoms. The van der Waals surface area contributed by atoms with E-state index in [9.17, 15) is 8.42 Å². The Hall–Kier alpha value is -1.28. The van der Waals surface area contributed by atoms with Gasteiger partial charge in [-0.05, 0) is 18.2 Å². The average Bonchev–Trinajstić information content (AvgIpc) is 2.34. The Labute approximate surface area is 120 Å². The first-order valence-electron chi connectivity index (χ1n) is 5.41. The number of rotatable bonds is 5. The van der Waals surface area contributed by atoms with Crippen LogP contribution in [0.1, 0.15) is 5.56 Å². The van der Waals surface area contributed by atoms with Crippen molar-refractivity contribution in [3.8, 4) is 0 Å². The summed E-state index contributed by atoms with van der Waals surface area (Å²) in [6, 6.07) is 5.25. The first-order chi connectivity index (χ1) is 8.74. The van der Waals surface area contributed by atoms with Gasteiger partial charge in [-0.3, -0.25) is 0 Å². The van der Waals surface area contributed by atoms with E-state index in [2.05, 4.69) is 21.1 Å². The Morgan fingerprint density at radius 2 is 2.16 bits per heavy atom. The van der Waals surface area contributed by atoms with Gasteiger partial charge in [0.25, 0.3) is 0 Å². The summed E-state index contributed by atoms with van der Waals surface area (Å²) >= 11 is 3.34. The number of oxime groups is 1. The van der Waals surface area contributed by atoms with Crippen molar-refractivity contribution < 1.29 is 13.6 Å². The van der Waals surface area contributed by atoms with Crippen LogP contribution in [0.3, 0.4) is 0 Å². The molecule has 0 aromatic heterocycles. The van der Waals surface area contributed by atoms with E-state index < -0.39 is 9.84 Å². The average molecular weight is 350 g/mol. The number of amidine groups is 1. The molecule has 0 saturated carbocycles. The van der Waals surface area contributed by atoms with Crippen molar-refractivity contribution in [2.45, 2.75) is 0 Å². The maximum absolute atomic E-state index is 11.2. The zero-order chi connectivity index (χ0) is 14.6. The van der Waals surface area contributed by atoms with Gasteiger partial charge in [-0.15, -0.1) is 0 Å². The second-order valence-electron chi connectivity index (χ2n) is 4.20. The standard InChI is InChI=1S/C11H16BrN3O3S/c1-15(5-6-19(2,17)18)10-7-8(12)3-4-9(10)11(13)14-16/h3-4,7,16H,5-6H2,1-2H3,(H2,13,14). The summed E-state index contributed by atoms with van der Waals surface area (Å²) in [5.74, 6) is 0.0136. The lowest BCUT2D eigenvalue weighted by Gasteiger charge is -2.22. The number of halogens is 1. The minimum atomic E-state index is -3.04. The highest BCUT2D eigenvalue weighted by Gasteiger charge is 2.13. The van der Waals surface area contributed by atoms with E-state index in [0.29, 0.717) is 17.8 Å². The van der Waals surface area contributed by atoms with E-state index in [1.807, 2.05) is 0 Å². The van der Waals surface area contributed by atoms with Gasteiger partial charge in [-0.1, -0.05) is 21.1 Å². The van der Waals surface area contributed by atoms with E-state index in [0.717, 1.165) is 4.47 Å². The topological polar surface area (TPSA) is 96.0 Å². The zero-order valence-corrected chi connectivity index (χ0v) is 13.1. The van der Waals surface area contributed by atoms with Crippen molar-refractivity contribution in [1.29, 1.82) is 0 Å². The molecule has 1 aromatic rings. The van der Waals surface area contributed by atoms with Crippen LogP contribution in [0.25, 0.3) is 0 Å². The number of hydrogen-bond donors (Lipinski definition) is 2. The van der Waals surface area contributed by atoms with Gasteiger partial charge in [0.1, 0.15) is 9.84 Å².